The van der Waals surface area contributed by atoms with E-state index in [0.29, 0.717) is 0 Å². The van der Waals surface area contributed by atoms with E-state index >= 15 is 0 Å². The van der Waals surface area contributed by atoms with Crippen molar-refractivity contribution in [3.05, 3.63) is 0 Å². The van der Waals surface area contributed by atoms with Crippen LogP contribution in [0.3, 0.4) is 0 Å². The Hall–Kier alpha value is 0.270. The molecule has 0 bridgehead atoms. The van der Waals surface area contributed by atoms with Gasteiger partial charge in [-0.2, -0.15) is 11.8 Å². The summed E-state index contributed by atoms with van der Waals surface area (Å²) in [5.41, 5.74) is 5.19. The van der Waals surface area contributed by atoms with Gasteiger partial charge in [-0.25, -0.2) is 0 Å². The Balaban J connectivity index is 2.55. The molecule has 1 heterocycles. The van der Waals surface area contributed by atoms with Crippen molar-refractivity contribution < 1.29 is 5.11 Å². The lowest BCUT2D eigenvalue weighted by molar-refractivity contribution is 0.0219. The van der Waals surface area contributed by atoms with Crippen LogP contribution in [0.25, 0.3) is 0 Å². The second kappa shape index (κ2) is 2.72. The summed E-state index contributed by atoms with van der Waals surface area (Å²) in [5.74, 6) is 2.27. The fraction of sp³-hybridized carbons (Fsp3) is 1.00. The van der Waals surface area contributed by atoms with Crippen LogP contribution in [0.1, 0.15) is 13.8 Å². The van der Waals surface area contributed by atoms with Gasteiger partial charge in [0, 0.05) is 23.5 Å². The van der Waals surface area contributed by atoms with Crippen LogP contribution in [0, 0.1) is 5.92 Å². The highest BCUT2D eigenvalue weighted by atomic mass is 32.2. The first-order chi connectivity index (χ1) is 4.52. The molecule has 3 N–H and O–H groups in total. The normalized spacial score (nSPS) is 34.8. The molecule has 2 atom stereocenters. The van der Waals surface area contributed by atoms with E-state index in [9.17, 15) is 5.11 Å². The first-order valence-corrected chi connectivity index (χ1v) is 4.73. The zero-order valence-corrected chi connectivity index (χ0v) is 7.32. The maximum Gasteiger partial charge on any atom is 0.0642 e. The average Bonchev–Trinajstić information content (AvgIpc) is 2.11. The van der Waals surface area contributed by atoms with Crippen molar-refractivity contribution in [2.45, 2.75) is 25.5 Å². The summed E-state index contributed by atoms with van der Waals surface area (Å²) in [6.07, 6.45) is 0. The summed E-state index contributed by atoms with van der Waals surface area (Å²) >= 11 is 1.83. The fourth-order valence-electron chi connectivity index (χ4n) is 1.30. The monoisotopic (exact) mass is 161 g/mol. The van der Waals surface area contributed by atoms with E-state index in [4.69, 9.17) is 5.73 Å². The molecule has 0 aromatic heterocycles. The van der Waals surface area contributed by atoms with Crippen molar-refractivity contribution in [3.8, 4) is 0 Å². The summed E-state index contributed by atoms with van der Waals surface area (Å²) in [6.45, 7) is 3.67. The standard InChI is InChI=1S/C7H15NOS/c1-7(2,9)5-3-10-4-6(5)8/h5-6,9H,3-4,8H2,1-2H3. The third-order valence-corrected chi connectivity index (χ3v) is 3.25. The van der Waals surface area contributed by atoms with Crippen LogP contribution >= 0.6 is 11.8 Å². The number of aliphatic hydroxyl groups is 1. The van der Waals surface area contributed by atoms with Crippen LogP contribution in [0.15, 0.2) is 0 Å². The van der Waals surface area contributed by atoms with E-state index < -0.39 is 5.60 Å². The highest BCUT2D eigenvalue weighted by Gasteiger charge is 2.35. The Kier molecular flexibility index (Phi) is 2.28. The van der Waals surface area contributed by atoms with Gasteiger partial charge in [-0.3, -0.25) is 0 Å². The summed E-state index contributed by atoms with van der Waals surface area (Å²) in [6, 6.07) is 0.185. The van der Waals surface area contributed by atoms with Gasteiger partial charge in [0.25, 0.3) is 0 Å². The molecule has 1 rings (SSSR count). The first-order valence-electron chi connectivity index (χ1n) is 3.57. The highest BCUT2D eigenvalue weighted by Crippen LogP contribution is 2.30. The molecule has 3 heteroatoms. The Morgan fingerprint density at radius 2 is 2.10 bits per heavy atom. The highest BCUT2D eigenvalue weighted by molar-refractivity contribution is 7.99. The van der Waals surface area contributed by atoms with Gasteiger partial charge >= 0.3 is 0 Å². The molecule has 2 nitrogen and oxygen atoms in total. The quantitative estimate of drug-likeness (QED) is 0.587. The lowest BCUT2D eigenvalue weighted by atomic mass is 9.88. The Labute approximate surface area is 66.2 Å². The number of hydrogen-bond acceptors (Lipinski definition) is 3. The fourth-order valence-corrected chi connectivity index (χ4v) is 2.85. The number of thioether (sulfide) groups is 1. The molecule has 0 spiro atoms. The van der Waals surface area contributed by atoms with Gasteiger partial charge in [-0.05, 0) is 13.8 Å². The van der Waals surface area contributed by atoms with E-state index in [-0.39, 0.29) is 12.0 Å². The van der Waals surface area contributed by atoms with E-state index in [1.165, 1.54) is 0 Å². The van der Waals surface area contributed by atoms with Gasteiger partial charge in [0.2, 0.25) is 0 Å². The molecule has 1 fully saturated rings. The molecule has 0 saturated carbocycles. The van der Waals surface area contributed by atoms with E-state index in [2.05, 4.69) is 0 Å². The van der Waals surface area contributed by atoms with E-state index in [1.54, 1.807) is 0 Å². The van der Waals surface area contributed by atoms with Gasteiger partial charge in [0.1, 0.15) is 0 Å². The minimum atomic E-state index is -0.594. The molecule has 1 saturated heterocycles. The van der Waals surface area contributed by atoms with Crippen LogP contribution in [-0.2, 0) is 0 Å². The van der Waals surface area contributed by atoms with Crippen molar-refractivity contribution in [2.75, 3.05) is 11.5 Å². The van der Waals surface area contributed by atoms with Crippen LogP contribution in [0.2, 0.25) is 0 Å². The Morgan fingerprint density at radius 3 is 2.30 bits per heavy atom. The zero-order valence-electron chi connectivity index (χ0n) is 6.50. The van der Waals surface area contributed by atoms with E-state index in [1.807, 2.05) is 25.6 Å². The molecule has 0 aromatic carbocycles. The molecule has 60 valence electrons. The van der Waals surface area contributed by atoms with Crippen LogP contribution in [-0.4, -0.2) is 28.3 Å². The van der Waals surface area contributed by atoms with Crippen molar-refractivity contribution >= 4 is 11.8 Å². The average molecular weight is 161 g/mol. The Morgan fingerprint density at radius 1 is 1.50 bits per heavy atom. The SMILES string of the molecule is CC(C)(O)C1CSCC1N. The minimum absolute atomic E-state index is 0.185. The summed E-state index contributed by atoms with van der Waals surface area (Å²) in [4.78, 5) is 0. The summed E-state index contributed by atoms with van der Waals surface area (Å²) < 4.78 is 0. The van der Waals surface area contributed by atoms with Gasteiger partial charge in [-0.1, -0.05) is 0 Å². The molecule has 0 aliphatic carbocycles. The molecular formula is C7H15NOS. The van der Waals surface area contributed by atoms with Crippen LogP contribution < -0.4 is 5.73 Å². The molecule has 0 radical (unpaired) electrons. The van der Waals surface area contributed by atoms with Gasteiger partial charge in [0.05, 0.1) is 5.60 Å². The number of nitrogens with two attached hydrogens (primary N) is 1. The minimum Gasteiger partial charge on any atom is -0.390 e. The molecular weight excluding hydrogens is 146 g/mol. The lowest BCUT2D eigenvalue weighted by Crippen LogP contribution is -2.42. The molecule has 10 heavy (non-hydrogen) atoms. The summed E-state index contributed by atoms with van der Waals surface area (Å²) in [7, 11) is 0. The molecule has 1 aliphatic heterocycles. The van der Waals surface area contributed by atoms with Gasteiger partial charge in [0.15, 0.2) is 0 Å². The van der Waals surface area contributed by atoms with Crippen molar-refractivity contribution in [1.82, 2.24) is 0 Å². The topological polar surface area (TPSA) is 46.2 Å². The largest absolute Gasteiger partial charge is 0.390 e. The summed E-state index contributed by atoms with van der Waals surface area (Å²) in [5, 5.41) is 9.59. The second-order valence-electron chi connectivity index (χ2n) is 3.46. The van der Waals surface area contributed by atoms with Gasteiger partial charge < -0.3 is 10.8 Å². The molecule has 1 aliphatic rings. The predicted octanol–water partition coefficient (Wildman–Crippen LogP) is 0.448. The number of rotatable bonds is 1. The smallest absolute Gasteiger partial charge is 0.0642 e. The maximum absolute atomic E-state index is 9.59. The lowest BCUT2D eigenvalue weighted by Gasteiger charge is -2.27. The van der Waals surface area contributed by atoms with Crippen molar-refractivity contribution in [1.29, 1.82) is 0 Å². The molecule has 2 unspecified atom stereocenters. The number of hydrogen-bond donors (Lipinski definition) is 2. The zero-order chi connectivity index (χ0) is 7.78. The second-order valence-corrected chi connectivity index (χ2v) is 4.54. The first kappa shape index (κ1) is 8.37. The molecule has 0 amide bonds. The molecule has 0 aromatic rings. The van der Waals surface area contributed by atoms with Crippen molar-refractivity contribution in [2.24, 2.45) is 11.7 Å². The van der Waals surface area contributed by atoms with Crippen molar-refractivity contribution in [3.63, 3.8) is 0 Å². The van der Waals surface area contributed by atoms with Gasteiger partial charge in [-0.15, -0.1) is 0 Å². The predicted molar refractivity (Wildman–Crippen MR) is 45.1 cm³/mol. The van der Waals surface area contributed by atoms with E-state index in [0.717, 1.165) is 11.5 Å². The van der Waals surface area contributed by atoms with Crippen LogP contribution in [0.5, 0.6) is 0 Å². The maximum atomic E-state index is 9.59. The third kappa shape index (κ3) is 1.65. The Bertz CT molecular complexity index is 121. The third-order valence-electron chi connectivity index (χ3n) is 2.03. The van der Waals surface area contributed by atoms with Crippen LogP contribution in [0.4, 0.5) is 0 Å².